The Morgan fingerprint density at radius 1 is 1.67 bits per heavy atom. The summed E-state index contributed by atoms with van der Waals surface area (Å²) in [6, 6.07) is 0. The third-order valence-electron chi connectivity index (χ3n) is 0.746. The van der Waals surface area contributed by atoms with Crippen molar-refractivity contribution in [3.8, 4) is 0 Å². The second kappa shape index (κ2) is 2.54. The van der Waals surface area contributed by atoms with Crippen LogP contribution < -0.4 is 0 Å². The van der Waals surface area contributed by atoms with Crippen LogP contribution in [0.25, 0.3) is 0 Å². The van der Waals surface area contributed by atoms with Crippen molar-refractivity contribution in [3.63, 3.8) is 0 Å². The molecule has 4 nitrogen and oxygen atoms in total. The maximum Gasteiger partial charge on any atom is 0.245 e. The van der Waals surface area contributed by atoms with E-state index >= 15 is 0 Å². The number of hydrogen-bond donors (Lipinski definition) is 0. The fourth-order valence-electron chi connectivity index (χ4n) is 0.443. The lowest BCUT2D eigenvalue weighted by atomic mass is 10.7. The maximum atomic E-state index is 11.1. The van der Waals surface area contributed by atoms with Crippen molar-refractivity contribution >= 4 is 0 Å². The molecule has 0 radical (unpaired) electrons. The Kier molecular flexibility index (Phi) is 1.74. The van der Waals surface area contributed by atoms with Gasteiger partial charge in [-0.25, -0.2) is 0 Å². The Labute approximate surface area is 50.5 Å². The van der Waals surface area contributed by atoms with E-state index in [0.717, 1.165) is 0 Å². The zero-order valence-corrected chi connectivity index (χ0v) is 4.80. The van der Waals surface area contributed by atoms with Gasteiger partial charge in [-0.1, -0.05) is 0 Å². The molecule has 1 aromatic rings. The molecule has 0 N–H and O–H groups in total. The highest BCUT2D eigenvalue weighted by atomic mass is 19.3. The average Bonchev–Trinajstić information content (AvgIpc) is 2.17. The average molecular weight is 132 g/mol. The van der Waals surface area contributed by atoms with E-state index in [2.05, 4.69) is 15.1 Å². The summed E-state index contributed by atoms with van der Waals surface area (Å²) in [5.41, 5.74) is 0. The van der Waals surface area contributed by atoms with Crippen LogP contribution in [0.3, 0.4) is 0 Å². The SMILES string of the molecule is Cc1nnc(COF)o1. The quantitative estimate of drug-likeness (QED) is 0.596. The van der Waals surface area contributed by atoms with Crippen LogP contribution in [0.5, 0.6) is 0 Å². The minimum Gasteiger partial charge on any atom is -0.423 e. The van der Waals surface area contributed by atoms with Gasteiger partial charge in [-0.05, 0) is 4.53 Å². The van der Waals surface area contributed by atoms with E-state index < -0.39 is 0 Å². The fourth-order valence-corrected chi connectivity index (χ4v) is 0.443. The highest BCUT2D eigenvalue weighted by molar-refractivity contribution is 4.74. The Morgan fingerprint density at radius 3 is 2.89 bits per heavy atom. The van der Waals surface area contributed by atoms with Gasteiger partial charge in [0.05, 0.1) is 0 Å². The summed E-state index contributed by atoms with van der Waals surface area (Å²) in [6.07, 6.45) is 0. The van der Waals surface area contributed by atoms with Gasteiger partial charge >= 0.3 is 0 Å². The lowest BCUT2D eigenvalue weighted by Crippen LogP contribution is -1.82. The zero-order chi connectivity index (χ0) is 6.69. The standard InChI is InChI=1S/C4H5FN2O2/c1-3-6-7-4(9-3)2-8-5/h2H2,1H3. The molecule has 9 heavy (non-hydrogen) atoms. The third-order valence-corrected chi connectivity index (χ3v) is 0.746. The van der Waals surface area contributed by atoms with E-state index in [-0.39, 0.29) is 12.5 Å². The first-order valence-corrected chi connectivity index (χ1v) is 2.35. The molecule has 0 amide bonds. The fraction of sp³-hybridized carbons (Fsp3) is 0.500. The van der Waals surface area contributed by atoms with Crippen molar-refractivity contribution in [2.75, 3.05) is 0 Å². The predicted octanol–water partition coefficient (Wildman–Crippen LogP) is 0.779. The van der Waals surface area contributed by atoms with Crippen molar-refractivity contribution < 1.29 is 13.9 Å². The Hall–Kier alpha value is -0.970. The molecule has 5 heteroatoms. The van der Waals surface area contributed by atoms with E-state index in [4.69, 9.17) is 4.42 Å². The van der Waals surface area contributed by atoms with Gasteiger partial charge in [0, 0.05) is 6.92 Å². The van der Waals surface area contributed by atoms with Crippen LogP contribution in [0.1, 0.15) is 11.8 Å². The van der Waals surface area contributed by atoms with E-state index in [9.17, 15) is 4.53 Å². The first-order chi connectivity index (χ1) is 4.33. The summed E-state index contributed by atoms with van der Waals surface area (Å²) in [4.78, 5) is 3.24. The molecule has 0 bridgehead atoms. The highest BCUT2D eigenvalue weighted by Gasteiger charge is 2.00. The van der Waals surface area contributed by atoms with Crippen LogP contribution in [0.2, 0.25) is 0 Å². The normalized spacial score (nSPS) is 10.0. The minimum atomic E-state index is -0.277. The van der Waals surface area contributed by atoms with E-state index in [0.29, 0.717) is 5.89 Å². The lowest BCUT2D eigenvalue weighted by Gasteiger charge is -1.81. The second-order valence-electron chi connectivity index (χ2n) is 1.47. The molecule has 0 unspecified atom stereocenters. The number of aromatic nitrogens is 2. The first-order valence-electron chi connectivity index (χ1n) is 2.35. The van der Waals surface area contributed by atoms with E-state index in [1.165, 1.54) is 0 Å². The molecule has 0 aliphatic rings. The lowest BCUT2D eigenvalue weighted by molar-refractivity contribution is -0.150. The molecule has 0 saturated carbocycles. The third kappa shape index (κ3) is 1.46. The maximum absolute atomic E-state index is 11.1. The van der Waals surface area contributed by atoms with Crippen molar-refractivity contribution in [2.45, 2.75) is 13.5 Å². The number of aryl methyl sites for hydroxylation is 1. The van der Waals surface area contributed by atoms with Gasteiger partial charge in [-0.15, -0.1) is 10.2 Å². The Morgan fingerprint density at radius 2 is 2.44 bits per heavy atom. The molecule has 1 aromatic heterocycles. The largest absolute Gasteiger partial charge is 0.423 e. The van der Waals surface area contributed by atoms with Crippen molar-refractivity contribution in [1.82, 2.24) is 10.2 Å². The van der Waals surface area contributed by atoms with Crippen molar-refractivity contribution in [1.29, 1.82) is 0 Å². The van der Waals surface area contributed by atoms with Crippen LogP contribution in [0.4, 0.5) is 4.53 Å². The van der Waals surface area contributed by atoms with Gasteiger partial charge in [0.1, 0.15) is 0 Å². The van der Waals surface area contributed by atoms with Crippen molar-refractivity contribution in [2.24, 2.45) is 0 Å². The van der Waals surface area contributed by atoms with Gasteiger partial charge in [-0.3, -0.25) is 0 Å². The van der Waals surface area contributed by atoms with Crippen LogP contribution in [-0.4, -0.2) is 10.2 Å². The smallest absolute Gasteiger partial charge is 0.245 e. The summed E-state index contributed by atoms with van der Waals surface area (Å²) >= 11 is 0. The Balaban J connectivity index is 2.61. The molecule has 0 saturated heterocycles. The molecule has 0 fully saturated rings. The molecule has 1 heterocycles. The molecular weight excluding hydrogens is 127 g/mol. The van der Waals surface area contributed by atoms with E-state index in [1.807, 2.05) is 0 Å². The summed E-state index contributed by atoms with van der Waals surface area (Å²) in [7, 11) is 0. The topological polar surface area (TPSA) is 48.2 Å². The second-order valence-corrected chi connectivity index (χ2v) is 1.47. The summed E-state index contributed by atoms with van der Waals surface area (Å²) in [5.74, 6) is 0.553. The molecule has 50 valence electrons. The first kappa shape index (κ1) is 6.15. The summed E-state index contributed by atoms with van der Waals surface area (Å²) in [5, 5.41) is 6.90. The molecule has 0 aliphatic heterocycles. The minimum absolute atomic E-state index is 0.148. The zero-order valence-electron chi connectivity index (χ0n) is 4.80. The van der Waals surface area contributed by atoms with Gasteiger partial charge in [0.15, 0.2) is 6.61 Å². The molecular formula is C4H5FN2O2. The van der Waals surface area contributed by atoms with E-state index in [1.54, 1.807) is 6.92 Å². The molecule has 0 spiro atoms. The Bertz CT molecular complexity index is 188. The van der Waals surface area contributed by atoms with Crippen molar-refractivity contribution in [3.05, 3.63) is 11.8 Å². The molecule has 1 rings (SSSR count). The number of hydrogen-bond acceptors (Lipinski definition) is 4. The van der Waals surface area contributed by atoms with Gasteiger partial charge in [0.2, 0.25) is 11.8 Å². The molecule has 0 aliphatic carbocycles. The van der Waals surface area contributed by atoms with Crippen LogP contribution >= 0.6 is 0 Å². The number of nitrogens with zero attached hydrogens (tertiary/aromatic N) is 2. The van der Waals surface area contributed by atoms with Gasteiger partial charge in [0.25, 0.3) is 0 Å². The predicted molar refractivity (Wildman–Crippen MR) is 24.9 cm³/mol. The summed E-state index contributed by atoms with van der Waals surface area (Å²) < 4.78 is 15.8. The molecule has 0 aromatic carbocycles. The van der Waals surface area contributed by atoms with Crippen LogP contribution in [0.15, 0.2) is 4.42 Å². The summed E-state index contributed by atoms with van der Waals surface area (Å²) in [6.45, 7) is 1.34. The van der Waals surface area contributed by atoms with Crippen LogP contribution in [-0.2, 0) is 11.5 Å². The number of halogens is 1. The monoisotopic (exact) mass is 132 g/mol. The van der Waals surface area contributed by atoms with Gasteiger partial charge < -0.3 is 4.42 Å². The number of rotatable bonds is 2. The van der Waals surface area contributed by atoms with Gasteiger partial charge in [-0.2, -0.15) is 4.94 Å². The highest BCUT2D eigenvalue weighted by Crippen LogP contribution is 1.98. The molecule has 0 atom stereocenters. The van der Waals surface area contributed by atoms with Crippen LogP contribution in [0, 0.1) is 6.92 Å².